The number of anilines is 1. The molecule has 1 aliphatic heterocycles. The fourth-order valence-electron chi connectivity index (χ4n) is 3.23. The van der Waals surface area contributed by atoms with Crippen molar-refractivity contribution in [3.8, 4) is 5.69 Å². The summed E-state index contributed by atoms with van der Waals surface area (Å²) in [4.78, 5) is 12.3. The Morgan fingerprint density at radius 2 is 2.07 bits per heavy atom. The highest BCUT2D eigenvalue weighted by atomic mass is 32.2. The second-order valence-electron chi connectivity index (χ2n) is 6.40. The Balaban J connectivity index is 1.93. The molecule has 1 aliphatic rings. The van der Waals surface area contributed by atoms with Crippen molar-refractivity contribution in [2.75, 3.05) is 11.1 Å². The number of fused-ring (bicyclic) bond motifs is 1. The lowest BCUT2D eigenvalue weighted by Gasteiger charge is -2.15. The summed E-state index contributed by atoms with van der Waals surface area (Å²) in [5.74, 6) is -0.968. The molecule has 1 aromatic carbocycles. The van der Waals surface area contributed by atoms with E-state index in [4.69, 9.17) is 0 Å². The molecular weight excluding hydrogens is 372 g/mol. The van der Waals surface area contributed by atoms with Crippen molar-refractivity contribution in [2.45, 2.75) is 19.1 Å². The van der Waals surface area contributed by atoms with Gasteiger partial charge in [0.2, 0.25) is 5.91 Å². The van der Waals surface area contributed by atoms with Crippen LogP contribution in [0.5, 0.6) is 0 Å². The van der Waals surface area contributed by atoms with E-state index in [1.165, 1.54) is 22.5 Å². The normalized spacial score (nSPS) is 16.8. The van der Waals surface area contributed by atoms with Crippen molar-refractivity contribution < 1.29 is 13.6 Å². The van der Waals surface area contributed by atoms with Crippen molar-refractivity contribution in [1.29, 1.82) is 0 Å². The fourth-order valence-corrected chi connectivity index (χ4v) is 4.48. The molecule has 2 aromatic heterocycles. The van der Waals surface area contributed by atoms with Gasteiger partial charge in [-0.3, -0.25) is 9.48 Å². The molecule has 27 heavy (non-hydrogen) atoms. The first-order chi connectivity index (χ1) is 12.9. The van der Waals surface area contributed by atoms with Crippen molar-refractivity contribution in [3.05, 3.63) is 58.5 Å². The lowest BCUT2D eigenvalue weighted by atomic mass is 10.0. The van der Waals surface area contributed by atoms with Crippen LogP contribution in [-0.4, -0.2) is 31.2 Å². The highest BCUT2D eigenvalue weighted by Gasteiger charge is 2.32. The summed E-state index contributed by atoms with van der Waals surface area (Å²) in [6, 6.07) is 3.28. The summed E-state index contributed by atoms with van der Waals surface area (Å²) in [6.07, 6.45) is 1.78. The molecule has 4 rings (SSSR count). The summed E-state index contributed by atoms with van der Waals surface area (Å²) in [6.45, 7) is 3.77. The van der Waals surface area contributed by atoms with Gasteiger partial charge in [0.25, 0.3) is 0 Å². The number of nitrogens with one attached hydrogen (secondary N) is 1. The number of aromatic nitrogens is 4. The van der Waals surface area contributed by atoms with E-state index < -0.39 is 11.6 Å². The zero-order chi connectivity index (χ0) is 19.3. The first kappa shape index (κ1) is 17.7. The number of aryl methyl sites for hydroxylation is 2. The first-order valence-electron chi connectivity index (χ1n) is 8.31. The molecule has 1 atom stereocenters. The maximum absolute atomic E-state index is 14.4. The maximum Gasteiger partial charge on any atom is 0.235 e. The van der Waals surface area contributed by atoms with Gasteiger partial charge in [0, 0.05) is 29.9 Å². The Labute approximate surface area is 158 Å². The van der Waals surface area contributed by atoms with Crippen LogP contribution in [0.3, 0.4) is 0 Å². The van der Waals surface area contributed by atoms with Crippen LogP contribution in [0.1, 0.15) is 27.8 Å². The Kier molecular flexibility index (Phi) is 4.26. The molecule has 0 radical (unpaired) electrons. The number of carbonyl (C=O) groups excluding carboxylic acids is 1. The van der Waals surface area contributed by atoms with Gasteiger partial charge < -0.3 is 5.32 Å². The van der Waals surface area contributed by atoms with Crippen molar-refractivity contribution in [1.82, 2.24) is 19.6 Å². The Bertz CT molecular complexity index is 1060. The van der Waals surface area contributed by atoms with Crippen molar-refractivity contribution in [2.24, 2.45) is 7.05 Å². The fraction of sp³-hybridized carbons (Fsp3) is 0.278. The molecule has 140 valence electrons. The number of rotatable bonds is 2. The SMILES string of the molecule is Cc1nn(-c2ccc(F)cc2F)c2c1C(c1cnn(C)c1C)SCC(=O)N2. The molecule has 0 spiro atoms. The zero-order valence-corrected chi connectivity index (χ0v) is 15.8. The van der Waals surface area contributed by atoms with Gasteiger partial charge in [0.05, 0.1) is 22.9 Å². The second kappa shape index (κ2) is 6.49. The van der Waals surface area contributed by atoms with Crippen molar-refractivity contribution in [3.63, 3.8) is 0 Å². The number of hydrogen-bond acceptors (Lipinski definition) is 4. The van der Waals surface area contributed by atoms with Crippen LogP contribution in [0.2, 0.25) is 0 Å². The molecule has 1 unspecified atom stereocenters. The predicted octanol–water partition coefficient (Wildman–Crippen LogP) is 3.28. The third-order valence-electron chi connectivity index (χ3n) is 4.70. The Morgan fingerprint density at radius 3 is 2.74 bits per heavy atom. The molecule has 0 saturated heterocycles. The Hall–Kier alpha value is -2.68. The lowest BCUT2D eigenvalue weighted by Crippen LogP contribution is -2.16. The molecular formula is C18H17F2N5OS. The zero-order valence-electron chi connectivity index (χ0n) is 15.0. The van der Waals surface area contributed by atoms with E-state index in [1.807, 2.05) is 20.9 Å². The third-order valence-corrected chi connectivity index (χ3v) is 5.95. The molecule has 6 nitrogen and oxygen atoms in total. The summed E-state index contributed by atoms with van der Waals surface area (Å²) >= 11 is 1.47. The van der Waals surface area contributed by atoms with E-state index in [1.54, 1.807) is 10.9 Å². The Morgan fingerprint density at radius 1 is 1.30 bits per heavy atom. The predicted molar refractivity (Wildman–Crippen MR) is 99.1 cm³/mol. The van der Waals surface area contributed by atoms with Gasteiger partial charge in [-0.15, -0.1) is 11.8 Å². The first-order valence-corrected chi connectivity index (χ1v) is 9.36. The summed E-state index contributed by atoms with van der Waals surface area (Å²) in [7, 11) is 1.86. The largest absolute Gasteiger partial charge is 0.310 e. The van der Waals surface area contributed by atoms with E-state index in [9.17, 15) is 13.6 Å². The van der Waals surface area contributed by atoms with E-state index in [0.29, 0.717) is 11.5 Å². The molecule has 0 saturated carbocycles. The minimum absolute atomic E-state index is 0.0783. The lowest BCUT2D eigenvalue weighted by molar-refractivity contribution is -0.113. The monoisotopic (exact) mass is 389 g/mol. The van der Waals surface area contributed by atoms with Crippen molar-refractivity contribution >= 4 is 23.5 Å². The van der Waals surface area contributed by atoms with Gasteiger partial charge >= 0.3 is 0 Å². The minimum Gasteiger partial charge on any atom is -0.310 e. The second-order valence-corrected chi connectivity index (χ2v) is 7.50. The number of carbonyl (C=O) groups is 1. The average molecular weight is 389 g/mol. The van der Waals surface area contributed by atoms with Crippen LogP contribution in [-0.2, 0) is 11.8 Å². The number of amides is 1. The number of hydrogen-bond donors (Lipinski definition) is 1. The van der Waals surface area contributed by atoms with Crippen LogP contribution in [0.4, 0.5) is 14.6 Å². The number of thioether (sulfide) groups is 1. The highest BCUT2D eigenvalue weighted by Crippen LogP contribution is 2.44. The molecule has 1 amide bonds. The number of halogens is 2. The van der Waals surface area contributed by atoms with Gasteiger partial charge in [0.15, 0.2) is 5.82 Å². The molecule has 0 bridgehead atoms. The summed E-state index contributed by atoms with van der Waals surface area (Å²) in [5.41, 5.74) is 3.49. The highest BCUT2D eigenvalue weighted by molar-refractivity contribution is 8.00. The van der Waals surface area contributed by atoms with Crippen LogP contribution in [0, 0.1) is 25.5 Å². The summed E-state index contributed by atoms with van der Waals surface area (Å²) < 4.78 is 30.8. The van der Waals surface area contributed by atoms with E-state index >= 15 is 0 Å². The van der Waals surface area contributed by atoms with Gasteiger partial charge in [-0.1, -0.05) is 0 Å². The van der Waals surface area contributed by atoms with Crippen LogP contribution in [0.15, 0.2) is 24.4 Å². The average Bonchev–Trinajstić information content (AvgIpc) is 3.03. The van der Waals surface area contributed by atoms with Gasteiger partial charge in [-0.2, -0.15) is 10.2 Å². The van der Waals surface area contributed by atoms with Gasteiger partial charge in [-0.25, -0.2) is 13.5 Å². The van der Waals surface area contributed by atoms with Gasteiger partial charge in [-0.05, 0) is 26.0 Å². The number of benzene rings is 1. The quantitative estimate of drug-likeness (QED) is 0.731. The molecule has 0 fully saturated rings. The maximum atomic E-state index is 14.4. The van der Waals surface area contributed by atoms with E-state index in [0.717, 1.165) is 29.0 Å². The smallest absolute Gasteiger partial charge is 0.235 e. The molecule has 3 heterocycles. The van der Waals surface area contributed by atoms with Crippen LogP contribution < -0.4 is 5.32 Å². The standard InChI is InChI=1S/C18H17F2N5OS/c1-9-16-17(12-7-21-24(3)10(12)2)27-8-15(26)22-18(16)25(23-9)14-5-4-11(19)6-13(14)20/h4-7,17H,8H2,1-3H3,(H,22,26). The van der Waals surface area contributed by atoms with E-state index in [-0.39, 0.29) is 22.6 Å². The van der Waals surface area contributed by atoms with Crippen LogP contribution >= 0.6 is 11.8 Å². The summed E-state index contributed by atoms with van der Waals surface area (Å²) in [5, 5.41) is 11.4. The minimum atomic E-state index is -0.749. The number of nitrogens with zero attached hydrogens (tertiary/aromatic N) is 4. The van der Waals surface area contributed by atoms with E-state index in [2.05, 4.69) is 15.5 Å². The van der Waals surface area contributed by atoms with Crippen LogP contribution in [0.25, 0.3) is 5.69 Å². The molecule has 9 heteroatoms. The molecule has 3 aromatic rings. The third kappa shape index (κ3) is 2.91. The topological polar surface area (TPSA) is 64.7 Å². The van der Waals surface area contributed by atoms with Gasteiger partial charge in [0.1, 0.15) is 17.3 Å². The molecule has 1 N–H and O–H groups in total. The molecule has 0 aliphatic carbocycles.